The number of hydrogen-bond acceptors (Lipinski definition) is 6. The van der Waals surface area contributed by atoms with Gasteiger partial charge in [0.2, 0.25) is 5.78 Å². The van der Waals surface area contributed by atoms with Gasteiger partial charge in [-0.1, -0.05) is 28.1 Å². The molecule has 0 amide bonds. The average molecular weight is 522 g/mol. The lowest BCUT2D eigenvalue weighted by atomic mass is 10.0. The van der Waals surface area contributed by atoms with Crippen LogP contribution in [0.1, 0.15) is 32.6 Å². The van der Waals surface area contributed by atoms with E-state index in [9.17, 15) is 4.79 Å². The monoisotopic (exact) mass is 521 g/mol. The van der Waals surface area contributed by atoms with Crippen LogP contribution in [0.2, 0.25) is 0 Å². The minimum absolute atomic E-state index is 0.120. The van der Waals surface area contributed by atoms with Crippen LogP contribution in [0.4, 0.5) is 5.69 Å². The van der Waals surface area contributed by atoms with E-state index in [-0.39, 0.29) is 12.6 Å². The Bertz CT molecular complexity index is 1300. The standard InChI is InChI=1S/C27H24BrNO5/c1-16-8-22(32-14-19-11-20(28)10-18-13-31-15-33-27(18)19)12-23-25(16)26(30)24(34-23)9-17-4-6-21(7-5-17)29(2)3/h4-12H,13-15H2,1-3H3/b24-9-. The molecule has 7 heteroatoms. The summed E-state index contributed by atoms with van der Waals surface area (Å²) in [6.45, 7) is 2.93. The number of ether oxygens (including phenoxy) is 4. The molecule has 0 aliphatic carbocycles. The van der Waals surface area contributed by atoms with E-state index in [0.29, 0.717) is 36.0 Å². The molecule has 174 valence electrons. The van der Waals surface area contributed by atoms with Crippen molar-refractivity contribution in [1.29, 1.82) is 0 Å². The number of aryl methyl sites for hydroxylation is 1. The van der Waals surface area contributed by atoms with E-state index in [2.05, 4.69) is 15.9 Å². The Morgan fingerprint density at radius 1 is 1.12 bits per heavy atom. The first-order valence-corrected chi connectivity index (χ1v) is 11.7. The molecule has 2 heterocycles. The number of hydrogen-bond donors (Lipinski definition) is 0. The van der Waals surface area contributed by atoms with E-state index in [0.717, 1.165) is 38.2 Å². The topological polar surface area (TPSA) is 57.2 Å². The molecule has 2 aliphatic rings. The van der Waals surface area contributed by atoms with Crippen molar-refractivity contribution in [1.82, 2.24) is 0 Å². The fraction of sp³-hybridized carbons (Fsp3) is 0.222. The molecule has 0 bridgehead atoms. The first-order valence-electron chi connectivity index (χ1n) is 10.9. The van der Waals surface area contributed by atoms with Crippen LogP contribution in [0.5, 0.6) is 17.2 Å². The van der Waals surface area contributed by atoms with Crippen molar-refractivity contribution in [3.8, 4) is 17.2 Å². The zero-order valence-electron chi connectivity index (χ0n) is 19.2. The maximum Gasteiger partial charge on any atom is 0.232 e. The Hall–Kier alpha value is -3.29. The molecule has 0 radical (unpaired) electrons. The molecule has 0 aromatic heterocycles. The Morgan fingerprint density at radius 2 is 1.91 bits per heavy atom. The second kappa shape index (κ2) is 9.16. The summed E-state index contributed by atoms with van der Waals surface area (Å²) in [6.07, 6.45) is 1.77. The zero-order chi connectivity index (χ0) is 23.8. The molecule has 3 aromatic carbocycles. The third-order valence-electron chi connectivity index (χ3n) is 5.80. The highest BCUT2D eigenvalue weighted by Crippen LogP contribution is 2.38. The SMILES string of the molecule is Cc1cc(OCc2cc(Br)cc3c2OCOC3)cc2c1C(=O)/C(=C/c1ccc(N(C)C)cc1)O2. The first-order chi connectivity index (χ1) is 16.4. The number of rotatable bonds is 5. The van der Waals surface area contributed by atoms with E-state index in [1.807, 2.05) is 68.4 Å². The summed E-state index contributed by atoms with van der Waals surface area (Å²) < 4.78 is 24.1. The van der Waals surface area contributed by atoms with Gasteiger partial charge in [0.05, 0.1) is 12.2 Å². The van der Waals surface area contributed by atoms with Gasteiger partial charge in [-0.3, -0.25) is 4.79 Å². The molecular weight excluding hydrogens is 498 g/mol. The molecule has 6 nitrogen and oxygen atoms in total. The van der Waals surface area contributed by atoms with Crippen LogP contribution < -0.4 is 19.1 Å². The van der Waals surface area contributed by atoms with Gasteiger partial charge in [0.15, 0.2) is 12.6 Å². The number of fused-ring (bicyclic) bond motifs is 2. The molecule has 3 aromatic rings. The van der Waals surface area contributed by atoms with Gasteiger partial charge < -0.3 is 23.8 Å². The van der Waals surface area contributed by atoms with Crippen LogP contribution in [0, 0.1) is 6.92 Å². The Labute approximate surface area is 206 Å². The Morgan fingerprint density at radius 3 is 2.68 bits per heavy atom. The van der Waals surface area contributed by atoms with Crippen LogP contribution in [0.15, 0.2) is 58.8 Å². The molecule has 0 N–H and O–H groups in total. The van der Waals surface area contributed by atoms with Crippen LogP contribution in [-0.4, -0.2) is 26.7 Å². The molecule has 0 spiro atoms. The number of Topliss-reactive ketones (excluding diaryl/α,β-unsaturated/α-hetero) is 1. The third-order valence-corrected chi connectivity index (χ3v) is 6.25. The van der Waals surface area contributed by atoms with Crippen LogP contribution in [0.25, 0.3) is 6.08 Å². The zero-order valence-corrected chi connectivity index (χ0v) is 20.8. The highest BCUT2D eigenvalue weighted by molar-refractivity contribution is 9.10. The maximum absolute atomic E-state index is 13.0. The molecule has 5 rings (SSSR count). The van der Waals surface area contributed by atoms with Gasteiger partial charge >= 0.3 is 0 Å². The second-order valence-electron chi connectivity index (χ2n) is 8.49. The largest absolute Gasteiger partial charge is 0.489 e. The predicted molar refractivity (Wildman–Crippen MR) is 134 cm³/mol. The fourth-order valence-electron chi connectivity index (χ4n) is 4.11. The quantitative estimate of drug-likeness (QED) is 0.390. The molecule has 34 heavy (non-hydrogen) atoms. The van der Waals surface area contributed by atoms with E-state index in [4.69, 9.17) is 18.9 Å². The normalized spacial score (nSPS) is 15.4. The summed E-state index contributed by atoms with van der Waals surface area (Å²) in [4.78, 5) is 15.0. The van der Waals surface area contributed by atoms with Crippen molar-refractivity contribution in [3.63, 3.8) is 0 Å². The molecular formula is C27H24BrNO5. The highest BCUT2D eigenvalue weighted by Gasteiger charge is 2.30. The number of carbonyl (C=O) groups is 1. The van der Waals surface area contributed by atoms with Crippen molar-refractivity contribution in [3.05, 3.63) is 86.6 Å². The summed E-state index contributed by atoms with van der Waals surface area (Å²) in [7, 11) is 3.98. The molecule has 0 atom stereocenters. The summed E-state index contributed by atoms with van der Waals surface area (Å²) in [5.74, 6) is 2.12. The molecule has 2 aliphatic heterocycles. The van der Waals surface area contributed by atoms with Gasteiger partial charge in [0, 0.05) is 41.4 Å². The summed E-state index contributed by atoms with van der Waals surface area (Å²) in [5.41, 5.74) is 5.27. The average Bonchev–Trinajstić information content (AvgIpc) is 3.13. The van der Waals surface area contributed by atoms with E-state index >= 15 is 0 Å². The number of anilines is 1. The lowest BCUT2D eigenvalue weighted by Crippen LogP contribution is -2.14. The Kier molecular flexibility index (Phi) is 6.06. The molecule has 0 saturated heterocycles. The third kappa shape index (κ3) is 4.41. The van der Waals surface area contributed by atoms with Crippen molar-refractivity contribution in [2.24, 2.45) is 0 Å². The molecule has 0 fully saturated rings. The van der Waals surface area contributed by atoms with E-state index < -0.39 is 0 Å². The van der Waals surface area contributed by atoms with Crippen molar-refractivity contribution in [2.45, 2.75) is 20.1 Å². The van der Waals surface area contributed by atoms with Gasteiger partial charge in [-0.05, 0) is 54.5 Å². The van der Waals surface area contributed by atoms with Crippen LogP contribution in [0.3, 0.4) is 0 Å². The molecule has 0 saturated carbocycles. The number of halogens is 1. The number of benzene rings is 3. The summed E-state index contributed by atoms with van der Waals surface area (Å²) in [5, 5.41) is 0. The van der Waals surface area contributed by atoms with E-state index in [1.165, 1.54) is 0 Å². The van der Waals surface area contributed by atoms with Gasteiger partial charge in [0.25, 0.3) is 0 Å². The number of carbonyl (C=O) groups excluding carboxylic acids is 1. The van der Waals surface area contributed by atoms with Crippen LogP contribution >= 0.6 is 15.9 Å². The van der Waals surface area contributed by atoms with Crippen molar-refractivity contribution >= 4 is 33.5 Å². The predicted octanol–water partition coefficient (Wildman–Crippen LogP) is 5.89. The van der Waals surface area contributed by atoms with Crippen LogP contribution in [-0.2, 0) is 18.0 Å². The van der Waals surface area contributed by atoms with Gasteiger partial charge in [-0.25, -0.2) is 0 Å². The summed E-state index contributed by atoms with van der Waals surface area (Å²) >= 11 is 3.54. The Balaban J connectivity index is 1.36. The lowest BCUT2D eigenvalue weighted by Gasteiger charge is -2.21. The van der Waals surface area contributed by atoms with Gasteiger partial charge in [-0.15, -0.1) is 0 Å². The van der Waals surface area contributed by atoms with Crippen molar-refractivity contribution < 1.29 is 23.7 Å². The second-order valence-corrected chi connectivity index (χ2v) is 9.41. The smallest absolute Gasteiger partial charge is 0.232 e. The maximum atomic E-state index is 13.0. The first kappa shape index (κ1) is 22.5. The minimum Gasteiger partial charge on any atom is -0.489 e. The minimum atomic E-state index is -0.120. The van der Waals surface area contributed by atoms with Crippen molar-refractivity contribution in [2.75, 3.05) is 25.8 Å². The fourth-order valence-corrected chi connectivity index (χ4v) is 4.66. The number of nitrogens with zero attached hydrogens (tertiary/aromatic N) is 1. The molecule has 0 unspecified atom stereocenters. The number of ketones is 1. The lowest BCUT2D eigenvalue weighted by molar-refractivity contribution is -0.0176. The van der Waals surface area contributed by atoms with E-state index in [1.54, 1.807) is 12.1 Å². The van der Waals surface area contributed by atoms with Gasteiger partial charge in [-0.2, -0.15) is 0 Å². The van der Waals surface area contributed by atoms with Gasteiger partial charge in [0.1, 0.15) is 23.9 Å². The number of allylic oxidation sites excluding steroid dienone is 1. The summed E-state index contributed by atoms with van der Waals surface area (Å²) in [6, 6.07) is 15.5. The highest BCUT2D eigenvalue weighted by atomic mass is 79.9.